The molecule has 3 N–H and O–H groups in total. The molecule has 2 atom stereocenters. The molecule has 0 radical (unpaired) electrons. The van der Waals surface area contributed by atoms with Crippen LogP contribution in [-0.4, -0.2) is 29.7 Å². The highest BCUT2D eigenvalue weighted by atomic mass is 16.4. The largest absolute Gasteiger partial charge is 0.481 e. The second kappa shape index (κ2) is 6.07. The van der Waals surface area contributed by atoms with E-state index >= 15 is 0 Å². The Bertz CT molecular complexity index is 310. The zero-order valence-electron chi connectivity index (χ0n) is 11.5. The molecule has 5 heteroatoms. The van der Waals surface area contributed by atoms with Crippen molar-refractivity contribution in [2.24, 2.45) is 11.3 Å². The number of hydrogen-bond donors (Lipinski definition) is 3. The molecule has 1 aliphatic carbocycles. The average molecular weight is 256 g/mol. The van der Waals surface area contributed by atoms with Crippen molar-refractivity contribution in [3.63, 3.8) is 0 Å². The summed E-state index contributed by atoms with van der Waals surface area (Å²) in [5, 5.41) is 14.5. The molecule has 104 valence electrons. The van der Waals surface area contributed by atoms with Crippen LogP contribution in [0.15, 0.2) is 0 Å². The summed E-state index contributed by atoms with van der Waals surface area (Å²) < 4.78 is 0. The lowest BCUT2D eigenvalue weighted by molar-refractivity contribution is -0.141. The average Bonchev–Trinajstić information content (AvgIpc) is 2.64. The summed E-state index contributed by atoms with van der Waals surface area (Å²) in [7, 11) is 0. The molecule has 0 bridgehead atoms. The van der Waals surface area contributed by atoms with Gasteiger partial charge >= 0.3 is 12.0 Å². The first kappa shape index (κ1) is 14.8. The summed E-state index contributed by atoms with van der Waals surface area (Å²) >= 11 is 0. The smallest absolute Gasteiger partial charge is 0.315 e. The van der Waals surface area contributed by atoms with Gasteiger partial charge in [-0.05, 0) is 31.1 Å². The maximum Gasteiger partial charge on any atom is 0.315 e. The number of aliphatic carboxylic acids is 1. The lowest BCUT2D eigenvalue weighted by Gasteiger charge is -2.19. The topological polar surface area (TPSA) is 78.4 Å². The first-order valence-electron chi connectivity index (χ1n) is 6.55. The van der Waals surface area contributed by atoms with E-state index in [1.165, 1.54) is 0 Å². The number of rotatable bonds is 4. The quantitative estimate of drug-likeness (QED) is 0.719. The lowest BCUT2D eigenvalue weighted by Crippen LogP contribution is -2.42. The van der Waals surface area contributed by atoms with Crippen molar-refractivity contribution in [1.29, 1.82) is 0 Å². The van der Waals surface area contributed by atoms with Crippen LogP contribution in [0, 0.1) is 11.3 Å². The van der Waals surface area contributed by atoms with Crippen molar-refractivity contribution in [2.75, 3.05) is 6.54 Å². The SMILES string of the molecule is CC(C)(C)CCNC(=O)NC1CCC(C(=O)O)C1. The van der Waals surface area contributed by atoms with E-state index in [2.05, 4.69) is 31.4 Å². The standard InChI is InChI=1S/C13H24N2O3/c1-13(2,3)6-7-14-12(18)15-10-5-4-9(8-10)11(16)17/h9-10H,4-8H2,1-3H3,(H,16,17)(H2,14,15,18). The molecule has 0 spiro atoms. The summed E-state index contributed by atoms with van der Waals surface area (Å²) in [5.41, 5.74) is 0.203. The van der Waals surface area contributed by atoms with Gasteiger partial charge in [-0.1, -0.05) is 20.8 Å². The predicted molar refractivity (Wildman–Crippen MR) is 69.4 cm³/mol. The number of carbonyl (C=O) groups excluding carboxylic acids is 1. The van der Waals surface area contributed by atoms with Gasteiger partial charge in [0.15, 0.2) is 0 Å². The van der Waals surface area contributed by atoms with Crippen molar-refractivity contribution in [3.05, 3.63) is 0 Å². The molecule has 1 saturated carbocycles. The van der Waals surface area contributed by atoms with E-state index in [9.17, 15) is 9.59 Å². The van der Waals surface area contributed by atoms with Crippen LogP contribution in [0.4, 0.5) is 4.79 Å². The molecule has 2 unspecified atom stereocenters. The van der Waals surface area contributed by atoms with Crippen LogP contribution >= 0.6 is 0 Å². The van der Waals surface area contributed by atoms with E-state index in [4.69, 9.17) is 5.11 Å². The highest BCUT2D eigenvalue weighted by molar-refractivity contribution is 5.75. The first-order valence-corrected chi connectivity index (χ1v) is 6.55. The number of urea groups is 1. The third-order valence-corrected chi connectivity index (χ3v) is 3.28. The Morgan fingerprint density at radius 3 is 2.44 bits per heavy atom. The number of hydrogen-bond acceptors (Lipinski definition) is 2. The minimum absolute atomic E-state index is 0.000682. The highest BCUT2D eigenvalue weighted by Crippen LogP contribution is 2.25. The second-order valence-corrected chi connectivity index (χ2v) is 6.26. The molecular formula is C13H24N2O3. The maximum atomic E-state index is 11.6. The number of carboxylic acid groups (broad SMARTS) is 1. The van der Waals surface area contributed by atoms with Gasteiger partial charge in [0.05, 0.1) is 5.92 Å². The van der Waals surface area contributed by atoms with Crippen molar-refractivity contribution in [3.8, 4) is 0 Å². The van der Waals surface area contributed by atoms with E-state index in [1.807, 2.05) is 0 Å². The molecule has 0 aromatic heterocycles. The van der Waals surface area contributed by atoms with Gasteiger partial charge in [0, 0.05) is 12.6 Å². The van der Waals surface area contributed by atoms with Crippen LogP contribution in [0.5, 0.6) is 0 Å². The molecule has 5 nitrogen and oxygen atoms in total. The van der Waals surface area contributed by atoms with Gasteiger partial charge in [-0.25, -0.2) is 4.79 Å². The molecular weight excluding hydrogens is 232 g/mol. The molecule has 0 saturated heterocycles. The Morgan fingerprint density at radius 2 is 1.94 bits per heavy atom. The summed E-state index contributed by atoms with van der Waals surface area (Å²) in [4.78, 5) is 22.4. The Hall–Kier alpha value is -1.26. The first-order chi connectivity index (χ1) is 8.28. The van der Waals surface area contributed by atoms with Crippen LogP contribution < -0.4 is 10.6 Å². The van der Waals surface area contributed by atoms with Gasteiger partial charge in [0.2, 0.25) is 0 Å². The number of nitrogens with one attached hydrogen (secondary N) is 2. The van der Waals surface area contributed by atoms with Crippen LogP contribution in [0.25, 0.3) is 0 Å². The molecule has 2 amide bonds. The minimum Gasteiger partial charge on any atom is -0.481 e. The van der Waals surface area contributed by atoms with Gasteiger partial charge in [-0.15, -0.1) is 0 Å². The third-order valence-electron chi connectivity index (χ3n) is 3.28. The van der Waals surface area contributed by atoms with Crippen molar-refractivity contribution in [1.82, 2.24) is 10.6 Å². The molecule has 0 aliphatic heterocycles. The normalized spacial score (nSPS) is 23.7. The van der Waals surface area contributed by atoms with Crippen molar-refractivity contribution in [2.45, 2.75) is 52.5 Å². The molecule has 0 aromatic carbocycles. The van der Waals surface area contributed by atoms with Crippen molar-refractivity contribution < 1.29 is 14.7 Å². The lowest BCUT2D eigenvalue weighted by atomic mass is 9.92. The van der Waals surface area contributed by atoms with E-state index in [0.29, 0.717) is 19.4 Å². The van der Waals surface area contributed by atoms with Gasteiger partial charge in [-0.3, -0.25) is 4.79 Å². The Kier molecular flexibility index (Phi) is 4.99. The van der Waals surface area contributed by atoms with E-state index in [0.717, 1.165) is 12.8 Å². The summed E-state index contributed by atoms with van der Waals surface area (Å²) in [6.07, 6.45) is 2.87. The van der Waals surface area contributed by atoms with Crippen LogP contribution in [0.2, 0.25) is 0 Å². The summed E-state index contributed by atoms with van der Waals surface area (Å²) in [5.74, 6) is -1.06. The van der Waals surface area contributed by atoms with Gasteiger partial charge in [0.25, 0.3) is 0 Å². The Morgan fingerprint density at radius 1 is 1.28 bits per heavy atom. The van der Waals surface area contributed by atoms with Gasteiger partial charge in [-0.2, -0.15) is 0 Å². The zero-order chi connectivity index (χ0) is 13.8. The zero-order valence-corrected chi connectivity index (χ0v) is 11.5. The molecule has 1 rings (SSSR count). The van der Waals surface area contributed by atoms with Crippen LogP contribution in [0.1, 0.15) is 46.5 Å². The monoisotopic (exact) mass is 256 g/mol. The Labute approximate surface area is 108 Å². The fraction of sp³-hybridized carbons (Fsp3) is 0.846. The Balaban J connectivity index is 2.20. The predicted octanol–water partition coefficient (Wildman–Crippen LogP) is 1.98. The summed E-state index contributed by atoms with van der Waals surface area (Å²) in [6, 6.07) is -0.184. The molecule has 18 heavy (non-hydrogen) atoms. The minimum atomic E-state index is -0.757. The summed E-state index contributed by atoms with van der Waals surface area (Å²) in [6.45, 7) is 7.02. The maximum absolute atomic E-state index is 11.6. The van der Waals surface area contributed by atoms with E-state index in [-0.39, 0.29) is 23.4 Å². The number of carbonyl (C=O) groups is 2. The fourth-order valence-electron chi connectivity index (χ4n) is 2.12. The molecule has 1 aliphatic rings. The second-order valence-electron chi connectivity index (χ2n) is 6.26. The van der Waals surface area contributed by atoms with Crippen LogP contribution in [0.3, 0.4) is 0 Å². The molecule has 1 fully saturated rings. The number of amides is 2. The van der Waals surface area contributed by atoms with E-state index in [1.54, 1.807) is 0 Å². The fourth-order valence-corrected chi connectivity index (χ4v) is 2.12. The highest BCUT2D eigenvalue weighted by Gasteiger charge is 2.30. The van der Waals surface area contributed by atoms with Gasteiger partial charge in [0.1, 0.15) is 0 Å². The molecule has 0 aromatic rings. The third kappa shape index (κ3) is 5.38. The van der Waals surface area contributed by atoms with Crippen molar-refractivity contribution >= 4 is 12.0 Å². The number of carboxylic acids is 1. The van der Waals surface area contributed by atoms with Crippen LogP contribution in [-0.2, 0) is 4.79 Å². The van der Waals surface area contributed by atoms with Gasteiger partial charge < -0.3 is 15.7 Å². The van der Waals surface area contributed by atoms with E-state index < -0.39 is 5.97 Å². The molecule has 0 heterocycles.